The van der Waals surface area contributed by atoms with Crippen molar-refractivity contribution in [3.8, 4) is 0 Å². The molecule has 0 radical (unpaired) electrons. The molecule has 0 bridgehead atoms. The van der Waals surface area contributed by atoms with Gasteiger partial charge in [-0.15, -0.1) is 10.2 Å². The van der Waals surface area contributed by atoms with Crippen LogP contribution in [0.4, 0.5) is 11.6 Å². The molecule has 120 valence electrons. The number of halogens is 1. The Hall–Kier alpha value is -2.99. The van der Waals surface area contributed by atoms with E-state index in [0.717, 1.165) is 5.56 Å². The average molecular weight is 340 g/mol. The van der Waals surface area contributed by atoms with Crippen LogP contribution in [0.2, 0.25) is 5.02 Å². The van der Waals surface area contributed by atoms with Crippen LogP contribution in [-0.4, -0.2) is 21.1 Å². The largest absolute Gasteiger partial charge is 0.365 e. The molecule has 2 N–H and O–H groups in total. The third kappa shape index (κ3) is 4.27. The minimum Gasteiger partial charge on any atom is -0.365 e. The SMILES string of the molecule is O=C(Nc1ccc(NCc2ccncc2)nn1)c1cccc(Cl)c1. The van der Waals surface area contributed by atoms with Crippen LogP contribution in [0.5, 0.6) is 0 Å². The number of hydrogen-bond acceptors (Lipinski definition) is 5. The van der Waals surface area contributed by atoms with E-state index in [-0.39, 0.29) is 5.91 Å². The fourth-order valence-corrected chi connectivity index (χ4v) is 2.19. The fraction of sp³-hybridized carbons (Fsp3) is 0.0588. The fourth-order valence-electron chi connectivity index (χ4n) is 2.00. The van der Waals surface area contributed by atoms with Gasteiger partial charge in [-0.05, 0) is 48.0 Å². The number of anilines is 2. The van der Waals surface area contributed by atoms with E-state index in [4.69, 9.17) is 11.6 Å². The average Bonchev–Trinajstić information content (AvgIpc) is 2.62. The number of nitrogens with zero attached hydrogens (tertiary/aromatic N) is 3. The number of amides is 1. The second-order valence-electron chi connectivity index (χ2n) is 4.98. The summed E-state index contributed by atoms with van der Waals surface area (Å²) in [6.45, 7) is 0.616. The summed E-state index contributed by atoms with van der Waals surface area (Å²) in [6, 6.07) is 14.0. The Labute approximate surface area is 143 Å². The van der Waals surface area contributed by atoms with E-state index in [9.17, 15) is 4.79 Å². The summed E-state index contributed by atoms with van der Waals surface area (Å²) in [5.74, 6) is 0.700. The molecule has 2 aromatic heterocycles. The van der Waals surface area contributed by atoms with Crippen LogP contribution in [0, 0.1) is 0 Å². The van der Waals surface area contributed by atoms with E-state index in [2.05, 4.69) is 25.8 Å². The summed E-state index contributed by atoms with van der Waals surface area (Å²) in [6.07, 6.45) is 3.47. The Morgan fingerprint density at radius 1 is 1.00 bits per heavy atom. The lowest BCUT2D eigenvalue weighted by Gasteiger charge is -2.07. The number of aromatic nitrogens is 3. The number of carbonyl (C=O) groups is 1. The van der Waals surface area contributed by atoms with E-state index in [0.29, 0.717) is 28.8 Å². The van der Waals surface area contributed by atoms with Crippen LogP contribution in [0.15, 0.2) is 60.9 Å². The molecule has 0 aliphatic heterocycles. The zero-order chi connectivity index (χ0) is 16.8. The minimum atomic E-state index is -0.288. The van der Waals surface area contributed by atoms with Crippen LogP contribution in [0.3, 0.4) is 0 Å². The van der Waals surface area contributed by atoms with Crippen molar-refractivity contribution in [2.75, 3.05) is 10.6 Å². The van der Waals surface area contributed by atoms with Crippen molar-refractivity contribution in [3.05, 3.63) is 77.1 Å². The summed E-state index contributed by atoms with van der Waals surface area (Å²) < 4.78 is 0. The van der Waals surface area contributed by atoms with Crippen molar-refractivity contribution in [2.45, 2.75) is 6.54 Å². The second kappa shape index (κ2) is 7.52. The van der Waals surface area contributed by atoms with Crippen LogP contribution in [0.1, 0.15) is 15.9 Å². The highest BCUT2D eigenvalue weighted by atomic mass is 35.5. The Kier molecular flexibility index (Phi) is 4.98. The first-order valence-electron chi connectivity index (χ1n) is 7.24. The molecule has 1 amide bonds. The molecular weight excluding hydrogens is 326 g/mol. The van der Waals surface area contributed by atoms with Crippen LogP contribution < -0.4 is 10.6 Å². The van der Waals surface area contributed by atoms with Crippen LogP contribution >= 0.6 is 11.6 Å². The van der Waals surface area contributed by atoms with Gasteiger partial charge in [0.15, 0.2) is 5.82 Å². The van der Waals surface area contributed by atoms with Gasteiger partial charge in [-0.1, -0.05) is 17.7 Å². The standard InChI is InChI=1S/C17H14ClN5O/c18-14-3-1-2-13(10-14)17(24)21-16-5-4-15(22-23-16)20-11-12-6-8-19-9-7-12/h1-10H,11H2,(H,20,22)(H,21,23,24). The molecule has 1 aromatic carbocycles. The molecule has 3 rings (SSSR count). The molecule has 2 heterocycles. The highest BCUT2D eigenvalue weighted by Crippen LogP contribution is 2.13. The Balaban J connectivity index is 1.59. The molecule has 0 saturated heterocycles. The van der Waals surface area contributed by atoms with E-state index >= 15 is 0 Å². The molecular formula is C17H14ClN5O. The number of hydrogen-bond donors (Lipinski definition) is 2. The van der Waals surface area contributed by atoms with Gasteiger partial charge in [-0.25, -0.2) is 0 Å². The van der Waals surface area contributed by atoms with Gasteiger partial charge < -0.3 is 10.6 Å². The summed E-state index contributed by atoms with van der Waals surface area (Å²) in [4.78, 5) is 16.1. The second-order valence-corrected chi connectivity index (χ2v) is 5.41. The quantitative estimate of drug-likeness (QED) is 0.744. The zero-order valence-corrected chi connectivity index (χ0v) is 13.4. The van der Waals surface area contributed by atoms with Gasteiger partial charge in [0.1, 0.15) is 5.82 Å². The third-order valence-corrected chi connectivity index (χ3v) is 3.45. The monoisotopic (exact) mass is 339 g/mol. The van der Waals surface area contributed by atoms with Crippen molar-refractivity contribution < 1.29 is 4.79 Å². The summed E-state index contributed by atoms with van der Waals surface area (Å²) >= 11 is 5.88. The summed E-state index contributed by atoms with van der Waals surface area (Å²) in [5, 5.41) is 14.4. The predicted molar refractivity (Wildman–Crippen MR) is 93.0 cm³/mol. The molecule has 0 aliphatic carbocycles. The molecule has 7 heteroatoms. The van der Waals surface area contributed by atoms with Gasteiger partial charge >= 0.3 is 0 Å². The topological polar surface area (TPSA) is 79.8 Å². The summed E-state index contributed by atoms with van der Waals surface area (Å²) in [5.41, 5.74) is 1.55. The van der Waals surface area contributed by atoms with Gasteiger partial charge in [0.2, 0.25) is 0 Å². The first kappa shape index (κ1) is 15.9. The van der Waals surface area contributed by atoms with Crippen molar-refractivity contribution in [1.29, 1.82) is 0 Å². The Morgan fingerprint density at radius 2 is 1.75 bits per heavy atom. The van der Waals surface area contributed by atoms with Crippen molar-refractivity contribution in [3.63, 3.8) is 0 Å². The molecule has 0 unspecified atom stereocenters. The molecule has 0 saturated carbocycles. The highest BCUT2D eigenvalue weighted by Gasteiger charge is 2.07. The van der Waals surface area contributed by atoms with E-state index in [1.54, 1.807) is 48.8 Å². The normalized spacial score (nSPS) is 10.2. The molecule has 0 atom stereocenters. The number of nitrogens with one attached hydrogen (secondary N) is 2. The van der Waals surface area contributed by atoms with Gasteiger partial charge in [0.05, 0.1) is 0 Å². The van der Waals surface area contributed by atoms with E-state index in [1.165, 1.54) is 0 Å². The maximum atomic E-state index is 12.1. The van der Waals surface area contributed by atoms with Crippen molar-refractivity contribution in [1.82, 2.24) is 15.2 Å². The Morgan fingerprint density at radius 3 is 2.46 bits per heavy atom. The van der Waals surface area contributed by atoms with Gasteiger partial charge in [0, 0.05) is 29.5 Å². The first-order valence-corrected chi connectivity index (χ1v) is 7.62. The zero-order valence-electron chi connectivity index (χ0n) is 12.6. The highest BCUT2D eigenvalue weighted by molar-refractivity contribution is 6.31. The smallest absolute Gasteiger partial charge is 0.256 e. The molecule has 0 aliphatic rings. The third-order valence-electron chi connectivity index (χ3n) is 3.22. The molecule has 0 spiro atoms. The predicted octanol–water partition coefficient (Wildman–Crippen LogP) is 3.39. The molecule has 24 heavy (non-hydrogen) atoms. The molecule has 6 nitrogen and oxygen atoms in total. The van der Waals surface area contributed by atoms with Gasteiger partial charge in [-0.3, -0.25) is 9.78 Å². The number of pyridine rings is 1. The summed E-state index contributed by atoms with van der Waals surface area (Å²) in [7, 11) is 0. The molecule has 3 aromatic rings. The number of benzene rings is 1. The van der Waals surface area contributed by atoms with Crippen molar-refractivity contribution in [2.24, 2.45) is 0 Å². The van der Waals surface area contributed by atoms with E-state index in [1.807, 2.05) is 12.1 Å². The lowest BCUT2D eigenvalue weighted by atomic mass is 10.2. The van der Waals surface area contributed by atoms with Gasteiger partial charge in [0.25, 0.3) is 5.91 Å². The number of rotatable bonds is 5. The maximum Gasteiger partial charge on any atom is 0.256 e. The van der Waals surface area contributed by atoms with Crippen molar-refractivity contribution >= 4 is 29.1 Å². The van der Waals surface area contributed by atoms with Crippen LogP contribution in [0.25, 0.3) is 0 Å². The maximum absolute atomic E-state index is 12.1. The van der Waals surface area contributed by atoms with Crippen LogP contribution in [-0.2, 0) is 6.54 Å². The first-order chi connectivity index (χ1) is 11.7. The minimum absolute atomic E-state index is 0.288. The lowest BCUT2D eigenvalue weighted by molar-refractivity contribution is 0.102. The van der Waals surface area contributed by atoms with Gasteiger partial charge in [-0.2, -0.15) is 0 Å². The number of carbonyl (C=O) groups excluding carboxylic acids is 1. The van der Waals surface area contributed by atoms with E-state index < -0.39 is 0 Å². The lowest BCUT2D eigenvalue weighted by Crippen LogP contribution is -2.13. The molecule has 0 fully saturated rings. The Bertz CT molecular complexity index is 824.